The number of carbonyl (C=O) groups excluding carboxylic acids is 1. The largest absolute Gasteiger partial charge is 0.338 e. The van der Waals surface area contributed by atoms with Crippen LogP contribution in [0.15, 0.2) is 54.9 Å². The van der Waals surface area contributed by atoms with Gasteiger partial charge < -0.3 is 15.0 Å². The minimum atomic E-state index is 0. The number of thioether (sulfide) groups is 1. The molecule has 158 valence electrons. The van der Waals surface area contributed by atoms with Crippen LogP contribution in [0.3, 0.4) is 0 Å². The van der Waals surface area contributed by atoms with Gasteiger partial charge in [-0.15, -0.1) is 36.6 Å². The van der Waals surface area contributed by atoms with Gasteiger partial charge in [0, 0.05) is 31.2 Å². The minimum absolute atomic E-state index is 0. The van der Waals surface area contributed by atoms with Crippen LogP contribution in [0.4, 0.5) is 0 Å². The van der Waals surface area contributed by atoms with E-state index in [1.54, 1.807) is 11.8 Å². The van der Waals surface area contributed by atoms with Crippen molar-refractivity contribution < 1.29 is 4.79 Å². The lowest BCUT2D eigenvalue weighted by Gasteiger charge is -2.22. The van der Waals surface area contributed by atoms with Crippen LogP contribution in [0.25, 0.3) is 5.65 Å². The second-order valence-corrected chi connectivity index (χ2v) is 7.63. The summed E-state index contributed by atoms with van der Waals surface area (Å²) in [6, 6.07) is 14.2. The van der Waals surface area contributed by atoms with E-state index in [-0.39, 0.29) is 30.7 Å². The summed E-state index contributed by atoms with van der Waals surface area (Å²) in [7, 11) is 0. The van der Waals surface area contributed by atoms with Gasteiger partial charge in [-0.3, -0.25) is 4.79 Å². The Morgan fingerprint density at radius 1 is 1.14 bits per heavy atom. The molecule has 3 rings (SSSR count). The fraction of sp³-hybridized carbons (Fsp3) is 0.333. The maximum atomic E-state index is 12.7. The monoisotopic (exact) mass is 454 g/mol. The molecule has 1 amide bonds. The van der Waals surface area contributed by atoms with Crippen molar-refractivity contribution in [3.8, 4) is 0 Å². The second-order valence-electron chi connectivity index (χ2n) is 6.64. The number of benzene rings is 1. The van der Waals surface area contributed by atoms with Crippen molar-refractivity contribution in [2.45, 2.75) is 25.6 Å². The van der Waals surface area contributed by atoms with E-state index in [2.05, 4.69) is 36.3 Å². The zero-order chi connectivity index (χ0) is 19.1. The lowest BCUT2D eigenvalue weighted by molar-refractivity contribution is -0.129. The molecule has 3 aromatic rings. The molecule has 0 saturated carbocycles. The Balaban J connectivity index is 0.00000210. The van der Waals surface area contributed by atoms with E-state index in [0.717, 1.165) is 29.1 Å². The number of rotatable bonds is 9. The quantitative estimate of drug-likeness (QED) is 0.528. The molecule has 5 nitrogen and oxygen atoms in total. The predicted molar refractivity (Wildman–Crippen MR) is 126 cm³/mol. The molecule has 1 aromatic carbocycles. The van der Waals surface area contributed by atoms with Crippen LogP contribution in [0, 0.1) is 6.92 Å². The summed E-state index contributed by atoms with van der Waals surface area (Å²) < 4.78 is 2.04. The van der Waals surface area contributed by atoms with Crippen molar-refractivity contribution in [1.29, 1.82) is 0 Å². The maximum Gasteiger partial charge on any atom is 0.232 e. The Morgan fingerprint density at radius 3 is 2.62 bits per heavy atom. The van der Waals surface area contributed by atoms with Crippen molar-refractivity contribution in [2.75, 3.05) is 18.8 Å². The Labute approximate surface area is 188 Å². The van der Waals surface area contributed by atoms with Gasteiger partial charge in [0.25, 0.3) is 0 Å². The number of aryl methyl sites for hydroxylation is 1. The van der Waals surface area contributed by atoms with Crippen LogP contribution in [-0.2, 0) is 17.1 Å². The summed E-state index contributed by atoms with van der Waals surface area (Å²) in [5, 5.41) is 0. The molecule has 0 aliphatic carbocycles. The van der Waals surface area contributed by atoms with E-state index in [1.165, 1.54) is 5.56 Å². The molecular formula is C21H28Cl2N4OS. The Bertz CT molecular complexity index is 889. The molecule has 0 fully saturated rings. The molecule has 0 aliphatic heterocycles. The number of aromatic nitrogens is 2. The van der Waals surface area contributed by atoms with E-state index < -0.39 is 0 Å². The molecule has 0 bridgehead atoms. The molecule has 8 heteroatoms. The molecule has 29 heavy (non-hydrogen) atoms. The zero-order valence-corrected chi connectivity index (χ0v) is 18.9. The third-order valence-corrected chi connectivity index (χ3v) is 5.28. The van der Waals surface area contributed by atoms with Crippen LogP contribution < -0.4 is 5.73 Å². The highest BCUT2D eigenvalue weighted by atomic mass is 35.5. The van der Waals surface area contributed by atoms with Gasteiger partial charge in [0.1, 0.15) is 5.65 Å². The van der Waals surface area contributed by atoms with Crippen LogP contribution in [0.5, 0.6) is 0 Å². The van der Waals surface area contributed by atoms with Gasteiger partial charge in [0.05, 0.1) is 11.4 Å². The number of hydrogen-bond acceptors (Lipinski definition) is 4. The van der Waals surface area contributed by atoms with Gasteiger partial charge in [0.2, 0.25) is 5.91 Å². The van der Waals surface area contributed by atoms with Crippen LogP contribution in [0.2, 0.25) is 0 Å². The highest BCUT2D eigenvalue weighted by Gasteiger charge is 2.14. The number of imidazole rings is 1. The van der Waals surface area contributed by atoms with Gasteiger partial charge in [-0.2, -0.15) is 0 Å². The minimum Gasteiger partial charge on any atom is -0.338 e. The van der Waals surface area contributed by atoms with Crippen molar-refractivity contribution >= 4 is 48.1 Å². The first-order chi connectivity index (χ1) is 13.2. The van der Waals surface area contributed by atoms with Crippen molar-refractivity contribution in [3.63, 3.8) is 0 Å². The third-order valence-electron chi connectivity index (χ3n) is 4.33. The summed E-state index contributed by atoms with van der Waals surface area (Å²) in [4.78, 5) is 19.2. The standard InChI is InChI=1S/C21H26N4OS.2ClH/c1-17-8-9-20-23-19(14-25(20)12-17)15-27-16-21(26)24(11-5-10-22)13-18-6-3-2-4-7-18;;/h2-4,6-9,12,14H,5,10-11,13,15-16,22H2,1H3;2*1H. The third kappa shape index (κ3) is 7.55. The number of nitrogens with two attached hydrogens (primary N) is 1. The highest BCUT2D eigenvalue weighted by molar-refractivity contribution is 7.99. The molecule has 0 radical (unpaired) electrons. The summed E-state index contributed by atoms with van der Waals surface area (Å²) in [5.74, 6) is 1.32. The van der Waals surface area contributed by atoms with Gasteiger partial charge in [-0.05, 0) is 37.1 Å². The fourth-order valence-corrected chi connectivity index (χ4v) is 3.74. The normalized spacial score (nSPS) is 10.3. The van der Waals surface area contributed by atoms with Crippen molar-refractivity contribution in [2.24, 2.45) is 5.73 Å². The second kappa shape index (κ2) is 12.8. The van der Waals surface area contributed by atoms with Gasteiger partial charge >= 0.3 is 0 Å². The van der Waals surface area contributed by atoms with Crippen molar-refractivity contribution in [1.82, 2.24) is 14.3 Å². The average Bonchev–Trinajstić information content (AvgIpc) is 3.07. The average molecular weight is 455 g/mol. The number of fused-ring (bicyclic) bond motifs is 1. The molecule has 0 atom stereocenters. The molecule has 0 saturated heterocycles. The first-order valence-corrected chi connectivity index (χ1v) is 10.3. The van der Waals surface area contributed by atoms with E-state index in [9.17, 15) is 4.79 Å². The molecular weight excluding hydrogens is 427 g/mol. The van der Waals surface area contributed by atoms with Gasteiger partial charge in [-0.1, -0.05) is 36.4 Å². The lowest BCUT2D eigenvalue weighted by atomic mass is 10.2. The van der Waals surface area contributed by atoms with Crippen LogP contribution in [-0.4, -0.2) is 39.0 Å². The smallest absolute Gasteiger partial charge is 0.232 e. The van der Waals surface area contributed by atoms with Gasteiger partial charge in [-0.25, -0.2) is 4.98 Å². The first kappa shape index (κ1) is 25.3. The number of nitrogens with zero attached hydrogens (tertiary/aromatic N) is 3. The first-order valence-electron chi connectivity index (χ1n) is 9.19. The molecule has 0 spiro atoms. The SMILES string of the molecule is Cc1ccc2nc(CSCC(=O)N(CCCN)Cc3ccccc3)cn2c1.Cl.Cl. The maximum absolute atomic E-state index is 12.7. The Morgan fingerprint density at radius 2 is 1.90 bits per heavy atom. The number of amides is 1. The molecule has 2 heterocycles. The Kier molecular flexibility index (Phi) is 11.1. The summed E-state index contributed by atoms with van der Waals surface area (Å²) >= 11 is 1.61. The fourth-order valence-electron chi connectivity index (χ4n) is 2.94. The summed E-state index contributed by atoms with van der Waals surface area (Å²) in [5.41, 5.74) is 9.92. The van der Waals surface area contributed by atoms with Crippen LogP contribution in [0.1, 0.15) is 23.2 Å². The highest BCUT2D eigenvalue weighted by Crippen LogP contribution is 2.15. The van der Waals surface area contributed by atoms with E-state index >= 15 is 0 Å². The predicted octanol–water partition coefficient (Wildman–Crippen LogP) is 4.10. The van der Waals surface area contributed by atoms with E-state index in [4.69, 9.17) is 5.73 Å². The Hall–Kier alpha value is -1.73. The van der Waals surface area contributed by atoms with E-state index in [1.807, 2.05) is 39.8 Å². The molecule has 2 aromatic heterocycles. The number of carbonyl (C=O) groups is 1. The molecule has 0 unspecified atom stereocenters. The topological polar surface area (TPSA) is 63.6 Å². The molecule has 2 N–H and O–H groups in total. The number of halogens is 2. The summed E-state index contributed by atoms with van der Waals surface area (Å²) in [6.07, 6.45) is 4.92. The van der Waals surface area contributed by atoms with Gasteiger partial charge in [0.15, 0.2) is 0 Å². The summed E-state index contributed by atoms with van der Waals surface area (Å²) in [6.45, 7) is 3.98. The number of hydrogen-bond donors (Lipinski definition) is 1. The van der Waals surface area contributed by atoms with Crippen molar-refractivity contribution in [3.05, 3.63) is 71.7 Å². The molecule has 0 aliphatic rings. The lowest BCUT2D eigenvalue weighted by Crippen LogP contribution is -2.33. The zero-order valence-electron chi connectivity index (χ0n) is 16.5. The van der Waals surface area contributed by atoms with E-state index in [0.29, 0.717) is 25.4 Å². The number of pyridine rings is 1. The van der Waals surface area contributed by atoms with Crippen LogP contribution >= 0.6 is 36.6 Å².